The van der Waals surface area contributed by atoms with E-state index >= 15 is 0 Å². The molecule has 3 heteroatoms. The Kier molecular flexibility index (Phi) is 6.97. The van der Waals surface area contributed by atoms with Crippen molar-refractivity contribution >= 4 is 0 Å². The van der Waals surface area contributed by atoms with Crippen LogP contribution in [0.2, 0.25) is 0 Å². The molecule has 3 nitrogen and oxygen atoms in total. The fourth-order valence-corrected chi connectivity index (χ4v) is 1.88. The Morgan fingerprint density at radius 1 is 1.35 bits per heavy atom. The standard InChI is InChI=1S/C14H25NO2/c1-12(2)10-13(3)15-7-5-8-16-11-14-6-4-9-17-14/h4,6,9,12-13,15H,5,7-8,10-11H2,1-3H3. The molecule has 1 rings (SSSR count). The van der Waals surface area contributed by atoms with Crippen LogP contribution in [0.15, 0.2) is 22.8 Å². The minimum absolute atomic E-state index is 0.578. The third-order valence-electron chi connectivity index (χ3n) is 2.61. The Balaban J connectivity index is 1.90. The molecule has 17 heavy (non-hydrogen) atoms. The highest BCUT2D eigenvalue weighted by atomic mass is 16.5. The molecule has 0 aromatic carbocycles. The molecule has 0 aliphatic rings. The minimum atomic E-state index is 0.578. The molecule has 0 fully saturated rings. The molecule has 1 heterocycles. The van der Waals surface area contributed by atoms with Gasteiger partial charge < -0.3 is 14.5 Å². The van der Waals surface area contributed by atoms with E-state index in [1.165, 1.54) is 6.42 Å². The summed E-state index contributed by atoms with van der Waals surface area (Å²) in [4.78, 5) is 0. The van der Waals surface area contributed by atoms with Crippen LogP contribution < -0.4 is 5.32 Å². The van der Waals surface area contributed by atoms with Crippen molar-refractivity contribution in [3.05, 3.63) is 24.2 Å². The summed E-state index contributed by atoms with van der Waals surface area (Å²) < 4.78 is 10.7. The maximum Gasteiger partial charge on any atom is 0.129 e. The van der Waals surface area contributed by atoms with E-state index in [0.717, 1.165) is 31.3 Å². The van der Waals surface area contributed by atoms with Gasteiger partial charge in [-0.05, 0) is 44.4 Å². The fourth-order valence-electron chi connectivity index (χ4n) is 1.88. The first kappa shape index (κ1) is 14.3. The van der Waals surface area contributed by atoms with E-state index in [2.05, 4.69) is 26.1 Å². The lowest BCUT2D eigenvalue weighted by molar-refractivity contribution is 0.103. The topological polar surface area (TPSA) is 34.4 Å². The van der Waals surface area contributed by atoms with Gasteiger partial charge in [-0.15, -0.1) is 0 Å². The van der Waals surface area contributed by atoms with Gasteiger partial charge in [0.05, 0.1) is 6.26 Å². The van der Waals surface area contributed by atoms with Gasteiger partial charge in [0.1, 0.15) is 12.4 Å². The number of hydrogen-bond acceptors (Lipinski definition) is 3. The molecule has 0 aliphatic carbocycles. The zero-order chi connectivity index (χ0) is 12.5. The summed E-state index contributed by atoms with van der Waals surface area (Å²) in [5, 5.41) is 3.50. The van der Waals surface area contributed by atoms with Crippen LogP contribution >= 0.6 is 0 Å². The minimum Gasteiger partial charge on any atom is -0.467 e. The van der Waals surface area contributed by atoms with Crippen LogP contribution in [-0.2, 0) is 11.3 Å². The van der Waals surface area contributed by atoms with Crippen LogP contribution in [-0.4, -0.2) is 19.2 Å². The molecule has 0 aliphatic heterocycles. The molecule has 0 amide bonds. The summed E-state index contributed by atoms with van der Waals surface area (Å²) in [7, 11) is 0. The van der Waals surface area contributed by atoms with Crippen molar-refractivity contribution in [1.29, 1.82) is 0 Å². The molecular formula is C14H25NO2. The first-order valence-electron chi connectivity index (χ1n) is 6.52. The molecule has 1 aromatic heterocycles. The van der Waals surface area contributed by atoms with E-state index in [1.807, 2.05) is 12.1 Å². The Labute approximate surface area is 105 Å². The van der Waals surface area contributed by atoms with Crippen LogP contribution in [0.3, 0.4) is 0 Å². The summed E-state index contributed by atoms with van der Waals surface area (Å²) in [5.41, 5.74) is 0. The van der Waals surface area contributed by atoms with Gasteiger partial charge in [-0.25, -0.2) is 0 Å². The van der Waals surface area contributed by atoms with Gasteiger partial charge in [0, 0.05) is 12.6 Å². The van der Waals surface area contributed by atoms with Crippen molar-refractivity contribution in [2.75, 3.05) is 13.2 Å². The second-order valence-electron chi connectivity index (χ2n) is 4.97. The van der Waals surface area contributed by atoms with Crippen LogP contribution in [0, 0.1) is 5.92 Å². The lowest BCUT2D eigenvalue weighted by Gasteiger charge is -2.15. The van der Waals surface area contributed by atoms with Crippen molar-refractivity contribution in [1.82, 2.24) is 5.32 Å². The van der Waals surface area contributed by atoms with E-state index in [0.29, 0.717) is 12.6 Å². The lowest BCUT2D eigenvalue weighted by Crippen LogP contribution is -2.28. The molecule has 1 N–H and O–H groups in total. The molecule has 0 saturated heterocycles. The summed E-state index contributed by atoms with van der Waals surface area (Å²) in [6.07, 6.45) is 3.95. The largest absolute Gasteiger partial charge is 0.467 e. The Bertz CT molecular complexity index is 270. The number of ether oxygens (including phenoxy) is 1. The quantitative estimate of drug-likeness (QED) is 0.672. The summed E-state index contributed by atoms with van der Waals surface area (Å²) in [5.74, 6) is 1.65. The third-order valence-corrected chi connectivity index (χ3v) is 2.61. The predicted molar refractivity (Wildman–Crippen MR) is 69.9 cm³/mol. The molecule has 0 bridgehead atoms. The van der Waals surface area contributed by atoms with Crippen LogP contribution in [0.5, 0.6) is 0 Å². The first-order chi connectivity index (χ1) is 8.18. The van der Waals surface area contributed by atoms with Gasteiger partial charge >= 0.3 is 0 Å². The Morgan fingerprint density at radius 2 is 2.18 bits per heavy atom. The first-order valence-corrected chi connectivity index (χ1v) is 6.52. The maximum atomic E-state index is 5.51. The van der Waals surface area contributed by atoms with Crippen molar-refractivity contribution in [3.8, 4) is 0 Å². The van der Waals surface area contributed by atoms with Crippen molar-refractivity contribution in [2.45, 2.75) is 46.3 Å². The summed E-state index contributed by atoms with van der Waals surface area (Å²) >= 11 is 0. The molecule has 0 saturated carbocycles. The van der Waals surface area contributed by atoms with Crippen LogP contribution in [0.4, 0.5) is 0 Å². The second-order valence-corrected chi connectivity index (χ2v) is 4.97. The van der Waals surface area contributed by atoms with Gasteiger partial charge in [-0.2, -0.15) is 0 Å². The normalized spacial score (nSPS) is 13.2. The van der Waals surface area contributed by atoms with Crippen LogP contribution in [0.25, 0.3) is 0 Å². The highest BCUT2D eigenvalue weighted by Crippen LogP contribution is 2.04. The van der Waals surface area contributed by atoms with E-state index in [1.54, 1.807) is 6.26 Å². The summed E-state index contributed by atoms with van der Waals surface area (Å²) in [6, 6.07) is 4.41. The molecule has 98 valence electrons. The predicted octanol–water partition coefficient (Wildman–Crippen LogP) is 3.21. The van der Waals surface area contributed by atoms with E-state index in [-0.39, 0.29) is 0 Å². The Morgan fingerprint density at radius 3 is 2.82 bits per heavy atom. The third kappa shape index (κ3) is 7.18. The number of nitrogens with one attached hydrogen (secondary N) is 1. The van der Waals surface area contributed by atoms with Gasteiger partial charge in [0.15, 0.2) is 0 Å². The SMILES string of the molecule is CC(C)CC(C)NCCCOCc1ccco1. The molecule has 1 aromatic rings. The fraction of sp³-hybridized carbons (Fsp3) is 0.714. The average molecular weight is 239 g/mol. The second kappa shape index (κ2) is 8.31. The number of hydrogen-bond donors (Lipinski definition) is 1. The highest BCUT2D eigenvalue weighted by Gasteiger charge is 2.03. The monoisotopic (exact) mass is 239 g/mol. The van der Waals surface area contributed by atoms with Gasteiger partial charge in [0.25, 0.3) is 0 Å². The molecule has 1 unspecified atom stereocenters. The van der Waals surface area contributed by atoms with E-state index in [9.17, 15) is 0 Å². The maximum absolute atomic E-state index is 5.51. The molecule has 0 spiro atoms. The van der Waals surface area contributed by atoms with E-state index in [4.69, 9.17) is 9.15 Å². The van der Waals surface area contributed by atoms with Crippen LogP contribution in [0.1, 0.15) is 39.4 Å². The smallest absolute Gasteiger partial charge is 0.129 e. The highest BCUT2D eigenvalue weighted by molar-refractivity contribution is 4.95. The number of furan rings is 1. The van der Waals surface area contributed by atoms with Gasteiger partial charge in [-0.1, -0.05) is 13.8 Å². The van der Waals surface area contributed by atoms with Gasteiger partial charge in [-0.3, -0.25) is 0 Å². The molecule has 1 atom stereocenters. The Hall–Kier alpha value is -0.800. The van der Waals surface area contributed by atoms with Crippen molar-refractivity contribution in [3.63, 3.8) is 0 Å². The van der Waals surface area contributed by atoms with Crippen molar-refractivity contribution in [2.24, 2.45) is 5.92 Å². The van der Waals surface area contributed by atoms with Gasteiger partial charge in [0.2, 0.25) is 0 Å². The summed E-state index contributed by atoms with van der Waals surface area (Å²) in [6.45, 7) is 9.13. The molecular weight excluding hydrogens is 214 g/mol. The lowest BCUT2D eigenvalue weighted by atomic mass is 10.1. The zero-order valence-electron chi connectivity index (χ0n) is 11.2. The van der Waals surface area contributed by atoms with E-state index < -0.39 is 0 Å². The average Bonchev–Trinajstić information content (AvgIpc) is 2.75. The van der Waals surface area contributed by atoms with Crippen molar-refractivity contribution < 1.29 is 9.15 Å². The molecule has 0 radical (unpaired) electrons. The zero-order valence-corrected chi connectivity index (χ0v) is 11.2. The number of rotatable bonds is 9.